The maximum absolute atomic E-state index is 13.2. The van der Waals surface area contributed by atoms with Crippen molar-refractivity contribution in [2.24, 2.45) is 5.92 Å². The van der Waals surface area contributed by atoms with Crippen LogP contribution in [0.15, 0.2) is 0 Å². The summed E-state index contributed by atoms with van der Waals surface area (Å²) in [4.78, 5) is 12.4. The standard InChI is InChI=1S/C9H15F2NO2/c1-12-5-7(9(10,11)6-12)3-4-8(13)14-2/h7H,3-6H2,1-2H3. The number of likely N-dealkylation sites (tertiary alicyclic amines) is 1. The van der Waals surface area contributed by atoms with Gasteiger partial charge < -0.3 is 9.64 Å². The summed E-state index contributed by atoms with van der Waals surface area (Å²) in [5, 5.41) is 0. The summed E-state index contributed by atoms with van der Waals surface area (Å²) in [7, 11) is 2.92. The normalized spacial score (nSPS) is 26.4. The number of rotatable bonds is 3. The Hall–Kier alpha value is -0.710. The Labute approximate surface area is 82.0 Å². The fourth-order valence-electron chi connectivity index (χ4n) is 1.76. The van der Waals surface area contributed by atoms with E-state index in [0.29, 0.717) is 6.54 Å². The van der Waals surface area contributed by atoms with E-state index >= 15 is 0 Å². The molecule has 0 aliphatic carbocycles. The number of esters is 1. The highest BCUT2D eigenvalue weighted by atomic mass is 19.3. The first-order valence-corrected chi connectivity index (χ1v) is 4.59. The minimum Gasteiger partial charge on any atom is -0.469 e. The van der Waals surface area contributed by atoms with Crippen molar-refractivity contribution in [1.29, 1.82) is 0 Å². The third-order valence-corrected chi connectivity index (χ3v) is 2.53. The number of halogens is 2. The van der Waals surface area contributed by atoms with Crippen LogP contribution in [-0.2, 0) is 9.53 Å². The molecule has 82 valence electrons. The molecule has 0 saturated carbocycles. The van der Waals surface area contributed by atoms with Gasteiger partial charge in [0.15, 0.2) is 0 Å². The van der Waals surface area contributed by atoms with Crippen LogP contribution in [0.1, 0.15) is 12.8 Å². The average molecular weight is 207 g/mol. The lowest BCUT2D eigenvalue weighted by Gasteiger charge is -2.16. The van der Waals surface area contributed by atoms with Crippen LogP contribution in [0.5, 0.6) is 0 Å². The molecule has 5 heteroatoms. The lowest BCUT2D eigenvalue weighted by atomic mass is 9.99. The second-order valence-electron chi connectivity index (χ2n) is 3.77. The van der Waals surface area contributed by atoms with Gasteiger partial charge in [0.1, 0.15) is 0 Å². The van der Waals surface area contributed by atoms with Gasteiger partial charge in [-0.2, -0.15) is 0 Å². The van der Waals surface area contributed by atoms with Gasteiger partial charge in [-0.3, -0.25) is 4.79 Å². The Bertz CT molecular complexity index is 221. The monoisotopic (exact) mass is 207 g/mol. The molecular weight excluding hydrogens is 192 g/mol. The van der Waals surface area contributed by atoms with Crippen LogP contribution in [-0.4, -0.2) is 44.0 Å². The van der Waals surface area contributed by atoms with E-state index in [9.17, 15) is 13.6 Å². The molecule has 1 heterocycles. The molecule has 0 amide bonds. The number of ether oxygens (including phenoxy) is 1. The highest BCUT2D eigenvalue weighted by Gasteiger charge is 2.46. The summed E-state index contributed by atoms with van der Waals surface area (Å²) < 4.78 is 30.8. The lowest BCUT2D eigenvalue weighted by molar-refractivity contribution is -0.141. The molecule has 1 atom stereocenters. The van der Waals surface area contributed by atoms with Crippen LogP contribution >= 0.6 is 0 Å². The number of hydrogen-bond acceptors (Lipinski definition) is 3. The molecule has 0 radical (unpaired) electrons. The van der Waals surface area contributed by atoms with E-state index < -0.39 is 17.8 Å². The molecule has 0 aromatic carbocycles. The Kier molecular flexibility index (Phi) is 3.42. The van der Waals surface area contributed by atoms with Crippen LogP contribution in [0.4, 0.5) is 8.78 Å². The fraction of sp³-hybridized carbons (Fsp3) is 0.889. The topological polar surface area (TPSA) is 29.5 Å². The summed E-state index contributed by atoms with van der Waals surface area (Å²) in [6.07, 6.45) is 0.272. The zero-order valence-corrected chi connectivity index (χ0v) is 8.43. The summed E-state index contributed by atoms with van der Waals surface area (Å²) >= 11 is 0. The molecule has 1 fully saturated rings. The number of alkyl halides is 2. The second-order valence-corrected chi connectivity index (χ2v) is 3.77. The molecule has 1 saturated heterocycles. The maximum atomic E-state index is 13.2. The van der Waals surface area contributed by atoms with E-state index in [2.05, 4.69) is 4.74 Å². The quantitative estimate of drug-likeness (QED) is 0.650. The van der Waals surface area contributed by atoms with E-state index in [4.69, 9.17) is 0 Å². The number of carbonyl (C=O) groups is 1. The minimum absolute atomic E-state index is 0.0740. The first kappa shape index (κ1) is 11.4. The Morgan fingerprint density at radius 3 is 2.71 bits per heavy atom. The van der Waals surface area contributed by atoms with Gasteiger partial charge >= 0.3 is 5.97 Å². The molecule has 0 aromatic rings. The molecule has 0 aromatic heterocycles. The summed E-state index contributed by atoms with van der Waals surface area (Å²) in [5.41, 5.74) is 0. The lowest BCUT2D eigenvalue weighted by Crippen LogP contribution is -2.27. The molecule has 0 N–H and O–H groups in total. The van der Waals surface area contributed by atoms with Crippen LogP contribution in [0.25, 0.3) is 0 Å². The highest BCUT2D eigenvalue weighted by Crippen LogP contribution is 2.35. The second kappa shape index (κ2) is 4.21. The van der Waals surface area contributed by atoms with Crippen molar-refractivity contribution in [2.75, 3.05) is 27.2 Å². The molecule has 1 unspecified atom stereocenters. The van der Waals surface area contributed by atoms with Crippen LogP contribution < -0.4 is 0 Å². The third-order valence-electron chi connectivity index (χ3n) is 2.53. The fourth-order valence-corrected chi connectivity index (χ4v) is 1.76. The summed E-state index contributed by atoms with van der Waals surface area (Å²) in [5.74, 6) is -3.80. The van der Waals surface area contributed by atoms with Gasteiger partial charge in [0.25, 0.3) is 5.92 Å². The van der Waals surface area contributed by atoms with E-state index in [1.807, 2.05) is 0 Å². The van der Waals surface area contributed by atoms with E-state index in [0.717, 1.165) is 0 Å². The van der Waals surface area contributed by atoms with Gasteiger partial charge in [0.05, 0.1) is 13.7 Å². The first-order valence-electron chi connectivity index (χ1n) is 4.59. The molecular formula is C9H15F2NO2. The van der Waals surface area contributed by atoms with Crippen molar-refractivity contribution in [2.45, 2.75) is 18.8 Å². The molecule has 1 aliphatic rings. The highest BCUT2D eigenvalue weighted by molar-refractivity contribution is 5.69. The van der Waals surface area contributed by atoms with Gasteiger partial charge in [0.2, 0.25) is 0 Å². The summed E-state index contributed by atoms with van der Waals surface area (Å²) in [6, 6.07) is 0. The predicted molar refractivity (Wildman–Crippen MR) is 47.2 cm³/mol. The van der Waals surface area contributed by atoms with Crippen molar-refractivity contribution in [3.05, 3.63) is 0 Å². The van der Waals surface area contributed by atoms with E-state index in [1.165, 1.54) is 7.11 Å². The first-order chi connectivity index (χ1) is 6.45. The van der Waals surface area contributed by atoms with Gasteiger partial charge in [-0.1, -0.05) is 0 Å². The Morgan fingerprint density at radius 2 is 2.29 bits per heavy atom. The van der Waals surface area contributed by atoms with Gasteiger partial charge in [-0.05, 0) is 13.5 Å². The molecule has 3 nitrogen and oxygen atoms in total. The molecule has 0 bridgehead atoms. The average Bonchev–Trinajstić information content (AvgIpc) is 2.35. The zero-order valence-electron chi connectivity index (χ0n) is 8.43. The van der Waals surface area contributed by atoms with Gasteiger partial charge in [-0.15, -0.1) is 0 Å². The summed E-state index contributed by atoms with van der Waals surface area (Å²) in [6.45, 7) is 0.142. The smallest absolute Gasteiger partial charge is 0.305 e. The Morgan fingerprint density at radius 1 is 1.64 bits per heavy atom. The molecule has 0 spiro atoms. The molecule has 14 heavy (non-hydrogen) atoms. The number of hydrogen-bond donors (Lipinski definition) is 0. The van der Waals surface area contributed by atoms with Crippen molar-refractivity contribution >= 4 is 5.97 Å². The number of carbonyl (C=O) groups excluding carboxylic acids is 1. The largest absolute Gasteiger partial charge is 0.469 e. The van der Waals surface area contributed by atoms with Gasteiger partial charge in [0, 0.05) is 18.9 Å². The van der Waals surface area contributed by atoms with E-state index in [-0.39, 0.29) is 19.4 Å². The van der Waals surface area contributed by atoms with Crippen LogP contribution in [0.3, 0.4) is 0 Å². The van der Waals surface area contributed by atoms with E-state index in [1.54, 1.807) is 11.9 Å². The maximum Gasteiger partial charge on any atom is 0.305 e. The molecule has 1 rings (SSSR count). The SMILES string of the molecule is COC(=O)CCC1CN(C)CC1(F)F. The molecule has 1 aliphatic heterocycles. The zero-order chi connectivity index (χ0) is 10.8. The predicted octanol–water partition coefficient (Wildman–Crippen LogP) is 1.14. The van der Waals surface area contributed by atoms with Crippen molar-refractivity contribution in [1.82, 2.24) is 4.90 Å². The number of nitrogens with zero attached hydrogens (tertiary/aromatic N) is 1. The van der Waals surface area contributed by atoms with Crippen LogP contribution in [0, 0.1) is 5.92 Å². The van der Waals surface area contributed by atoms with Crippen molar-refractivity contribution < 1.29 is 18.3 Å². The number of methoxy groups -OCH3 is 1. The van der Waals surface area contributed by atoms with Crippen molar-refractivity contribution in [3.8, 4) is 0 Å². The van der Waals surface area contributed by atoms with Crippen LogP contribution in [0.2, 0.25) is 0 Å². The Balaban J connectivity index is 2.41. The van der Waals surface area contributed by atoms with Crippen molar-refractivity contribution in [3.63, 3.8) is 0 Å². The van der Waals surface area contributed by atoms with Gasteiger partial charge in [-0.25, -0.2) is 8.78 Å². The minimum atomic E-state index is -2.66. The third kappa shape index (κ3) is 2.64.